The van der Waals surface area contributed by atoms with Crippen molar-refractivity contribution in [3.8, 4) is 0 Å². The van der Waals surface area contributed by atoms with Crippen molar-refractivity contribution in [3.63, 3.8) is 0 Å². The molecule has 0 saturated heterocycles. The number of carbonyl (C=O) groups is 3. The maximum atomic E-state index is 12.3. The molecule has 0 atom stereocenters. The summed E-state index contributed by atoms with van der Waals surface area (Å²) in [7, 11) is 0. The molecule has 27 heavy (non-hydrogen) atoms. The van der Waals surface area contributed by atoms with Gasteiger partial charge in [0, 0.05) is 11.4 Å². The van der Waals surface area contributed by atoms with Crippen LogP contribution in [0.5, 0.6) is 0 Å². The summed E-state index contributed by atoms with van der Waals surface area (Å²) in [5, 5.41) is 2.70. The molecule has 2 aromatic rings. The molecular formula is C20H24N2O5. The minimum atomic E-state index is -0.707. The van der Waals surface area contributed by atoms with Crippen molar-refractivity contribution in [2.45, 2.75) is 34.6 Å². The quantitative estimate of drug-likeness (QED) is 0.759. The highest BCUT2D eigenvalue weighted by molar-refractivity contribution is 5.99. The van der Waals surface area contributed by atoms with Crippen LogP contribution in [0.1, 0.15) is 50.2 Å². The van der Waals surface area contributed by atoms with Crippen LogP contribution in [0.25, 0.3) is 0 Å². The van der Waals surface area contributed by atoms with E-state index >= 15 is 0 Å². The number of anilines is 1. The Bertz CT molecular complexity index is 862. The first-order valence-electron chi connectivity index (χ1n) is 8.64. The molecule has 0 saturated carbocycles. The van der Waals surface area contributed by atoms with Gasteiger partial charge in [-0.1, -0.05) is 6.07 Å². The molecule has 1 heterocycles. The lowest BCUT2D eigenvalue weighted by molar-refractivity contribution is -0.119. The third-order valence-electron chi connectivity index (χ3n) is 3.96. The van der Waals surface area contributed by atoms with Gasteiger partial charge < -0.3 is 19.8 Å². The number of benzene rings is 1. The summed E-state index contributed by atoms with van der Waals surface area (Å²) in [6.45, 7) is 8.67. The monoisotopic (exact) mass is 372 g/mol. The normalized spacial score (nSPS) is 10.4. The largest absolute Gasteiger partial charge is 0.462 e. The Morgan fingerprint density at radius 1 is 0.963 bits per heavy atom. The Kier molecular flexibility index (Phi) is 6.39. The molecule has 0 radical (unpaired) electrons. The lowest BCUT2D eigenvalue weighted by Crippen LogP contribution is -2.21. The molecule has 7 heteroatoms. The zero-order chi connectivity index (χ0) is 20.1. The topological polar surface area (TPSA) is 97.5 Å². The number of hydrogen-bond acceptors (Lipinski definition) is 5. The van der Waals surface area contributed by atoms with Crippen LogP contribution in [0, 0.1) is 27.7 Å². The highest BCUT2D eigenvalue weighted by Crippen LogP contribution is 2.20. The number of carbonyl (C=O) groups excluding carboxylic acids is 3. The second-order valence-electron chi connectivity index (χ2n) is 6.35. The van der Waals surface area contributed by atoms with E-state index in [0.717, 1.165) is 11.1 Å². The third-order valence-corrected chi connectivity index (χ3v) is 3.96. The summed E-state index contributed by atoms with van der Waals surface area (Å²) in [5.41, 5.74) is 4.07. The molecule has 0 unspecified atom stereocenters. The second-order valence-corrected chi connectivity index (χ2v) is 6.35. The van der Waals surface area contributed by atoms with E-state index in [4.69, 9.17) is 9.47 Å². The number of esters is 2. The Labute approximate surface area is 158 Å². The highest BCUT2D eigenvalue weighted by atomic mass is 16.5. The first-order chi connectivity index (χ1) is 12.7. The molecule has 1 amide bonds. The predicted molar refractivity (Wildman–Crippen MR) is 101 cm³/mol. The lowest BCUT2D eigenvalue weighted by Gasteiger charge is -2.08. The minimum Gasteiger partial charge on any atom is -0.462 e. The summed E-state index contributed by atoms with van der Waals surface area (Å²) in [6, 6.07) is 5.65. The fraction of sp³-hybridized carbons (Fsp3) is 0.350. The van der Waals surface area contributed by atoms with Crippen molar-refractivity contribution in [1.29, 1.82) is 0 Å². The zero-order valence-electron chi connectivity index (χ0n) is 16.2. The number of H-pyrrole nitrogens is 1. The maximum absolute atomic E-state index is 12.3. The van der Waals surface area contributed by atoms with Crippen LogP contribution in [0.15, 0.2) is 18.2 Å². The van der Waals surface area contributed by atoms with Crippen LogP contribution in [0.3, 0.4) is 0 Å². The van der Waals surface area contributed by atoms with Gasteiger partial charge in [-0.3, -0.25) is 4.79 Å². The first kappa shape index (κ1) is 20.2. The molecule has 144 valence electrons. The molecule has 0 aliphatic rings. The van der Waals surface area contributed by atoms with E-state index in [-0.39, 0.29) is 12.3 Å². The van der Waals surface area contributed by atoms with E-state index in [9.17, 15) is 14.4 Å². The average molecular weight is 372 g/mol. The summed E-state index contributed by atoms with van der Waals surface area (Å²) in [5.74, 6) is -1.66. The molecule has 0 bridgehead atoms. The highest BCUT2D eigenvalue weighted by Gasteiger charge is 2.24. The van der Waals surface area contributed by atoms with Gasteiger partial charge in [-0.05, 0) is 63.4 Å². The second kappa shape index (κ2) is 8.53. The number of amides is 1. The van der Waals surface area contributed by atoms with Crippen LogP contribution in [-0.2, 0) is 14.3 Å². The number of aromatic amines is 1. The minimum absolute atomic E-state index is 0.134. The Morgan fingerprint density at radius 2 is 1.59 bits per heavy atom. The SMILES string of the molecule is CCOC(=O)c1c(C)[nH]c(C(=O)OCC(=O)Nc2cc(C)cc(C)c2)c1C. The van der Waals surface area contributed by atoms with Crippen LogP contribution < -0.4 is 5.32 Å². The van der Waals surface area contributed by atoms with E-state index in [2.05, 4.69) is 10.3 Å². The van der Waals surface area contributed by atoms with Gasteiger partial charge in [-0.15, -0.1) is 0 Å². The van der Waals surface area contributed by atoms with Crippen molar-refractivity contribution < 1.29 is 23.9 Å². The number of hydrogen-bond donors (Lipinski definition) is 2. The van der Waals surface area contributed by atoms with E-state index < -0.39 is 24.5 Å². The van der Waals surface area contributed by atoms with Gasteiger partial charge in [0.15, 0.2) is 6.61 Å². The van der Waals surface area contributed by atoms with Crippen molar-refractivity contribution in [1.82, 2.24) is 4.98 Å². The molecule has 1 aromatic heterocycles. The molecule has 7 nitrogen and oxygen atoms in total. The summed E-state index contributed by atoms with van der Waals surface area (Å²) in [6.07, 6.45) is 0. The molecule has 0 spiro atoms. The van der Waals surface area contributed by atoms with Gasteiger partial charge in [0.1, 0.15) is 5.69 Å². The molecule has 0 aliphatic heterocycles. The number of aromatic nitrogens is 1. The molecular weight excluding hydrogens is 348 g/mol. The molecule has 1 aromatic carbocycles. The summed E-state index contributed by atoms with van der Waals surface area (Å²) >= 11 is 0. The van der Waals surface area contributed by atoms with Crippen LogP contribution in [0.2, 0.25) is 0 Å². The third kappa shape index (κ3) is 4.97. The Balaban J connectivity index is 2.02. The standard InChI is InChI=1S/C20H24N2O5/c1-6-26-19(24)17-13(4)18(21-14(17)5)20(25)27-10-16(23)22-15-8-11(2)7-12(3)9-15/h7-9,21H,6,10H2,1-5H3,(H,22,23). The van der Waals surface area contributed by atoms with E-state index in [1.165, 1.54) is 0 Å². The fourth-order valence-electron chi connectivity index (χ4n) is 2.91. The van der Waals surface area contributed by atoms with E-state index in [0.29, 0.717) is 22.5 Å². The number of nitrogens with one attached hydrogen (secondary N) is 2. The number of ether oxygens (including phenoxy) is 2. The molecule has 2 rings (SSSR count). The average Bonchev–Trinajstić information content (AvgIpc) is 2.86. The molecule has 2 N–H and O–H groups in total. The lowest BCUT2D eigenvalue weighted by atomic mass is 10.1. The van der Waals surface area contributed by atoms with Gasteiger partial charge >= 0.3 is 11.9 Å². The van der Waals surface area contributed by atoms with Gasteiger partial charge in [-0.2, -0.15) is 0 Å². The van der Waals surface area contributed by atoms with Crippen molar-refractivity contribution in [3.05, 3.63) is 51.8 Å². The maximum Gasteiger partial charge on any atom is 0.355 e. The smallest absolute Gasteiger partial charge is 0.355 e. The van der Waals surface area contributed by atoms with Crippen molar-refractivity contribution >= 4 is 23.5 Å². The van der Waals surface area contributed by atoms with Crippen molar-refractivity contribution in [2.75, 3.05) is 18.5 Å². The van der Waals surface area contributed by atoms with Gasteiger partial charge in [0.05, 0.1) is 12.2 Å². The van der Waals surface area contributed by atoms with Gasteiger partial charge in [0.25, 0.3) is 5.91 Å². The molecule has 0 fully saturated rings. The summed E-state index contributed by atoms with van der Waals surface area (Å²) in [4.78, 5) is 39.2. The van der Waals surface area contributed by atoms with E-state index in [1.54, 1.807) is 20.8 Å². The van der Waals surface area contributed by atoms with Crippen molar-refractivity contribution in [2.24, 2.45) is 0 Å². The first-order valence-corrected chi connectivity index (χ1v) is 8.64. The number of rotatable bonds is 6. The van der Waals surface area contributed by atoms with E-state index in [1.807, 2.05) is 32.0 Å². The Morgan fingerprint density at radius 3 is 2.19 bits per heavy atom. The Hall–Kier alpha value is -3.09. The predicted octanol–water partition coefficient (Wildman–Crippen LogP) is 3.22. The van der Waals surface area contributed by atoms with Crippen LogP contribution in [-0.4, -0.2) is 36.0 Å². The van der Waals surface area contributed by atoms with Crippen LogP contribution >= 0.6 is 0 Å². The van der Waals surface area contributed by atoms with Crippen LogP contribution in [0.4, 0.5) is 5.69 Å². The van der Waals surface area contributed by atoms with Gasteiger partial charge in [0.2, 0.25) is 0 Å². The summed E-state index contributed by atoms with van der Waals surface area (Å²) < 4.78 is 10.1. The fourth-order valence-corrected chi connectivity index (χ4v) is 2.91. The van der Waals surface area contributed by atoms with Gasteiger partial charge in [-0.25, -0.2) is 9.59 Å². The molecule has 0 aliphatic carbocycles. The number of aryl methyl sites for hydroxylation is 3. The zero-order valence-corrected chi connectivity index (χ0v) is 16.2.